The predicted octanol–water partition coefficient (Wildman–Crippen LogP) is 4.09. The Morgan fingerprint density at radius 2 is 1.74 bits per heavy atom. The second-order valence-electron chi connectivity index (χ2n) is 7.70. The van der Waals surface area contributed by atoms with Crippen LogP contribution in [0.3, 0.4) is 0 Å². The van der Waals surface area contributed by atoms with Gasteiger partial charge >= 0.3 is 5.97 Å². The Bertz CT molecular complexity index is 1480. The number of hydrogen-bond acceptors (Lipinski definition) is 6. The summed E-state index contributed by atoms with van der Waals surface area (Å²) in [6.45, 7) is -0.0416. The van der Waals surface area contributed by atoms with Crippen molar-refractivity contribution in [3.63, 3.8) is 0 Å². The summed E-state index contributed by atoms with van der Waals surface area (Å²) in [6.07, 6.45) is -1.43. The maximum absolute atomic E-state index is 12.9. The monoisotopic (exact) mass is 531 g/mol. The van der Waals surface area contributed by atoms with Crippen LogP contribution < -0.4 is 5.56 Å². The zero-order valence-corrected chi connectivity index (χ0v) is 20.4. The van der Waals surface area contributed by atoms with E-state index in [4.69, 9.17) is 23.2 Å². The summed E-state index contributed by atoms with van der Waals surface area (Å²) in [5, 5.41) is 29.2. The molecule has 0 spiro atoms. The van der Waals surface area contributed by atoms with Gasteiger partial charge in [0.2, 0.25) is 0 Å². The van der Waals surface area contributed by atoms with Crippen molar-refractivity contribution in [3.05, 3.63) is 92.7 Å². The maximum atomic E-state index is 12.9. The van der Waals surface area contributed by atoms with Gasteiger partial charge in [-0.05, 0) is 48.4 Å². The molecule has 0 aliphatic heterocycles. The molecule has 3 atom stereocenters. The third-order valence-electron chi connectivity index (χ3n) is 5.53. The number of hydrogen-bond donors (Lipinski definition) is 2. The van der Waals surface area contributed by atoms with E-state index in [0.717, 1.165) is 4.68 Å². The summed E-state index contributed by atoms with van der Waals surface area (Å²) in [7, 11) is -1.62. The number of nitrogens with zero attached hydrogens (tertiary/aromatic N) is 3. The average Bonchev–Trinajstić information content (AvgIpc) is 2.86. The van der Waals surface area contributed by atoms with Gasteiger partial charge in [-0.2, -0.15) is 0 Å². The summed E-state index contributed by atoms with van der Waals surface area (Å²) in [6, 6.07) is 17.6. The van der Waals surface area contributed by atoms with Crippen LogP contribution in [-0.2, 0) is 22.1 Å². The highest BCUT2D eigenvalue weighted by molar-refractivity contribution is 7.85. The molecule has 1 unspecified atom stereocenters. The summed E-state index contributed by atoms with van der Waals surface area (Å²) < 4.78 is 14.0. The van der Waals surface area contributed by atoms with E-state index in [9.17, 15) is 24.0 Å². The lowest BCUT2D eigenvalue weighted by molar-refractivity contribution is -0.146. The van der Waals surface area contributed by atoms with Gasteiger partial charge in [0, 0.05) is 11.4 Å². The van der Waals surface area contributed by atoms with Gasteiger partial charge in [-0.1, -0.05) is 58.7 Å². The van der Waals surface area contributed by atoms with Crippen molar-refractivity contribution in [1.29, 1.82) is 0 Å². The minimum atomic E-state index is -1.62. The van der Waals surface area contributed by atoms with Gasteiger partial charge in [-0.25, -0.2) is 8.89 Å². The van der Waals surface area contributed by atoms with Gasteiger partial charge in [0.1, 0.15) is 5.52 Å². The van der Waals surface area contributed by atoms with Crippen LogP contribution in [0.5, 0.6) is 0 Å². The van der Waals surface area contributed by atoms with Gasteiger partial charge in [0.25, 0.3) is 5.56 Å². The number of aryl methyl sites for hydroxylation is 1. The molecule has 0 saturated carbocycles. The lowest BCUT2D eigenvalue weighted by Gasteiger charge is -2.20. The first-order chi connectivity index (χ1) is 16.8. The molecule has 1 heterocycles. The molecule has 0 aliphatic rings. The van der Waals surface area contributed by atoms with E-state index >= 15 is 0 Å². The lowest BCUT2D eigenvalue weighted by atomic mass is 9.93. The third kappa shape index (κ3) is 5.28. The van der Waals surface area contributed by atoms with Crippen LogP contribution in [-0.4, -0.2) is 35.4 Å². The number of halogens is 2. The van der Waals surface area contributed by atoms with Crippen LogP contribution >= 0.6 is 23.2 Å². The third-order valence-corrected chi connectivity index (χ3v) is 7.90. The minimum Gasteiger partial charge on any atom is -0.481 e. The highest BCUT2D eigenvalue weighted by Gasteiger charge is 2.28. The molecular formula is C24H19Cl2N3O5S. The molecule has 180 valence electrons. The molecule has 0 saturated heterocycles. The van der Waals surface area contributed by atoms with Crippen molar-refractivity contribution >= 4 is 50.9 Å². The molecule has 4 rings (SSSR count). The number of aliphatic hydroxyl groups is 1. The number of carboxylic acids is 1. The summed E-state index contributed by atoms with van der Waals surface area (Å²) >= 11 is 12.2. The lowest BCUT2D eigenvalue weighted by Crippen LogP contribution is -2.29. The fraction of sp³-hybridized carbons (Fsp3) is 0.167. The van der Waals surface area contributed by atoms with E-state index in [1.807, 2.05) is 0 Å². The van der Waals surface area contributed by atoms with Crippen molar-refractivity contribution < 1.29 is 19.2 Å². The van der Waals surface area contributed by atoms with Crippen molar-refractivity contribution in [1.82, 2.24) is 15.0 Å². The van der Waals surface area contributed by atoms with Crippen LogP contribution in [0.2, 0.25) is 10.0 Å². The number of carboxylic acid groups (broad SMARTS) is 1. The smallest absolute Gasteiger partial charge is 0.309 e. The number of benzene rings is 3. The Kier molecular flexibility index (Phi) is 7.61. The summed E-state index contributed by atoms with van der Waals surface area (Å²) in [5.41, 5.74) is 0.383. The highest BCUT2D eigenvalue weighted by Crippen LogP contribution is 2.32. The van der Waals surface area contributed by atoms with Crippen molar-refractivity contribution in [2.45, 2.75) is 28.9 Å². The summed E-state index contributed by atoms with van der Waals surface area (Å²) in [5.74, 6) is -2.44. The van der Waals surface area contributed by atoms with Crippen LogP contribution in [0.4, 0.5) is 0 Å². The molecule has 0 bridgehead atoms. The molecule has 11 heteroatoms. The van der Waals surface area contributed by atoms with Crippen LogP contribution in [0.15, 0.2) is 81.3 Å². The number of aliphatic hydroxyl groups excluding tert-OH is 1. The molecule has 2 N–H and O–H groups in total. The SMILES string of the molecule is O=C(O)[C@@H](CCn1nnc2ccccc2c1=O)[C@H](O)c1ccc(S(=O)c2cccc(Cl)c2Cl)cc1. The van der Waals surface area contributed by atoms with E-state index in [0.29, 0.717) is 26.3 Å². The number of aliphatic carboxylic acids is 1. The molecule has 35 heavy (non-hydrogen) atoms. The molecule has 0 aliphatic carbocycles. The fourth-order valence-electron chi connectivity index (χ4n) is 3.62. The first kappa shape index (κ1) is 25.0. The number of carbonyl (C=O) groups is 1. The van der Waals surface area contributed by atoms with Crippen molar-refractivity contribution in [3.8, 4) is 0 Å². The molecule has 4 aromatic rings. The van der Waals surface area contributed by atoms with E-state index < -0.39 is 28.8 Å². The topological polar surface area (TPSA) is 122 Å². The fourth-order valence-corrected chi connectivity index (χ4v) is 5.30. The van der Waals surface area contributed by atoms with Crippen molar-refractivity contribution in [2.24, 2.45) is 5.92 Å². The average molecular weight is 532 g/mol. The van der Waals surface area contributed by atoms with Crippen LogP contribution in [0.25, 0.3) is 10.9 Å². The van der Waals surface area contributed by atoms with Gasteiger partial charge in [-0.3, -0.25) is 9.59 Å². The standard InChI is InChI=1S/C24H19Cl2N3O5S/c25-18-5-3-7-20(21(18)26)35(34)15-10-8-14(9-11-15)22(30)17(24(32)33)12-13-29-23(31)16-4-1-2-6-19(16)27-28-29/h1-11,17,22,30H,12-13H2,(H,32,33)/t17-,22+,35?/m0/s1. The highest BCUT2D eigenvalue weighted by atomic mass is 35.5. The summed E-state index contributed by atoms with van der Waals surface area (Å²) in [4.78, 5) is 25.3. The normalized spacial score (nSPS) is 13.9. The van der Waals surface area contributed by atoms with E-state index in [2.05, 4.69) is 10.3 Å². The van der Waals surface area contributed by atoms with Crippen LogP contribution in [0, 0.1) is 5.92 Å². The number of rotatable bonds is 8. The van der Waals surface area contributed by atoms with Gasteiger partial charge in [0.05, 0.1) is 43.1 Å². The first-order valence-electron chi connectivity index (χ1n) is 10.5. The zero-order chi connectivity index (χ0) is 25.1. The largest absolute Gasteiger partial charge is 0.481 e. The molecule has 3 aromatic carbocycles. The van der Waals surface area contributed by atoms with E-state index in [1.165, 1.54) is 24.3 Å². The molecule has 8 nitrogen and oxygen atoms in total. The minimum absolute atomic E-state index is 0.0416. The second-order valence-corrected chi connectivity index (χ2v) is 9.94. The Hall–Kier alpha value is -3.11. The molecule has 1 aromatic heterocycles. The van der Waals surface area contributed by atoms with Crippen LogP contribution in [0.1, 0.15) is 18.1 Å². The zero-order valence-electron chi connectivity index (χ0n) is 18.0. The van der Waals surface area contributed by atoms with E-state index in [-0.39, 0.29) is 28.6 Å². The molecular weight excluding hydrogens is 513 g/mol. The second kappa shape index (κ2) is 10.7. The Morgan fingerprint density at radius 1 is 1.03 bits per heavy atom. The van der Waals surface area contributed by atoms with Crippen molar-refractivity contribution in [2.75, 3.05) is 0 Å². The Morgan fingerprint density at radius 3 is 2.46 bits per heavy atom. The quantitative estimate of drug-likeness (QED) is 0.351. The van der Waals surface area contributed by atoms with Gasteiger partial charge in [-0.15, -0.1) is 5.10 Å². The molecule has 0 amide bonds. The molecule has 0 radical (unpaired) electrons. The molecule has 0 fully saturated rings. The van der Waals surface area contributed by atoms with Gasteiger partial charge in [0.15, 0.2) is 0 Å². The first-order valence-corrected chi connectivity index (χ1v) is 12.4. The van der Waals surface area contributed by atoms with E-state index in [1.54, 1.807) is 42.5 Å². The predicted molar refractivity (Wildman–Crippen MR) is 132 cm³/mol. The number of fused-ring (bicyclic) bond motifs is 1. The maximum Gasteiger partial charge on any atom is 0.309 e. The van der Waals surface area contributed by atoms with Gasteiger partial charge < -0.3 is 10.2 Å². The number of aromatic nitrogens is 3. The Balaban J connectivity index is 1.51. The Labute approximate surface area is 212 Å².